The summed E-state index contributed by atoms with van der Waals surface area (Å²) >= 11 is 0. The molecule has 1 amide bonds. The fourth-order valence-corrected chi connectivity index (χ4v) is 3.97. The number of allylic oxidation sites excluding steroid dienone is 1. The lowest BCUT2D eigenvalue weighted by molar-refractivity contribution is 0.0711. The molecule has 1 saturated heterocycles. The van der Waals surface area contributed by atoms with Crippen LogP contribution < -0.4 is 4.74 Å². The number of rotatable bonds is 5. The molecule has 1 fully saturated rings. The molecule has 0 saturated carbocycles. The maximum absolute atomic E-state index is 12.9. The van der Waals surface area contributed by atoms with Gasteiger partial charge < -0.3 is 9.64 Å². The molecule has 0 spiro atoms. The summed E-state index contributed by atoms with van der Waals surface area (Å²) in [4.78, 5) is 28.5. The Balaban J connectivity index is 1.53. The van der Waals surface area contributed by atoms with Crippen molar-refractivity contribution in [3.05, 3.63) is 77.9 Å². The maximum atomic E-state index is 12.9. The van der Waals surface area contributed by atoms with E-state index in [0.717, 1.165) is 29.7 Å². The average Bonchev–Trinajstić information content (AvgIpc) is 2.85. The summed E-state index contributed by atoms with van der Waals surface area (Å²) in [5.74, 6) is 1.70. The molecule has 4 rings (SSSR count). The lowest BCUT2D eigenvalue weighted by atomic mass is 9.90. The van der Waals surface area contributed by atoms with Crippen LogP contribution in [-0.4, -0.2) is 46.0 Å². The predicted molar refractivity (Wildman–Crippen MR) is 121 cm³/mol. The first-order valence-electron chi connectivity index (χ1n) is 10.5. The van der Waals surface area contributed by atoms with Gasteiger partial charge in [0.25, 0.3) is 5.91 Å². The molecule has 6 heteroatoms. The molecule has 3 aromatic rings. The van der Waals surface area contributed by atoms with Gasteiger partial charge in [-0.2, -0.15) is 0 Å². The van der Waals surface area contributed by atoms with Gasteiger partial charge >= 0.3 is 0 Å². The number of nitrogens with zero attached hydrogens (tertiary/aromatic N) is 4. The number of likely N-dealkylation sites (tertiary alicyclic amines) is 1. The zero-order chi connectivity index (χ0) is 21.6. The fourth-order valence-electron chi connectivity index (χ4n) is 3.97. The number of benzene rings is 1. The number of hydrogen-bond donors (Lipinski definition) is 0. The van der Waals surface area contributed by atoms with Crippen molar-refractivity contribution in [3.8, 4) is 17.1 Å². The van der Waals surface area contributed by atoms with Crippen molar-refractivity contribution >= 4 is 12.0 Å². The number of pyridine rings is 1. The molecule has 3 heterocycles. The largest absolute Gasteiger partial charge is 0.497 e. The Labute approximate surface area is 182 Å². The smallest absolute Gasteiger partial charge is 0.253 e. The zero-order valence-electron chi connectivity index (χ0n) is 17.9. The quantitative estimate of drug-likeness (QED) is 0.610. The highest BCUT2D eigenvalue weighted by atomic mass is 16.5. The van der Waals surface area contributed by atoms with Crippen LogP contribution in [0.3, 0.4) is 0 Å². The van der Waals surface area contributed by atoms with Gasteiger partial charge in [0.05, 0.1) is 12.8 Å². The first kappa shape index (κ1) is 20.7. The van der Waals surface area contributed by atoms with Crippen molar-refractivity contribution in [2.75, 3.05) is 20.2 Å². The van der Waals surface area contributed by atoms with Gasteiger partial charge in [-0.1, -0.05) is 18.2 Å². The number of methoxy groups -OCH3 is 1. The molecular weight excluding hydrogens is 388 g/mol. The van der Waals surface area contributed by atoms with Gasteiger partial charge in [0.1, 0.15) is 5.75 Å². The molecule has 0 bridgehead atoms. The van der Waals surface area contributed by atoms with Crippen molar-refractivity contribution in [3.63, 3.8) is 0 Å². The normalized spacial score (nSPS) is 14.7. The first-order valence-corrected chi connectivity index (χ1v) is 10.5. The highest BCUT2D eigenvalue weighted by Gasteiger charge is 2.27. The predicted octanol–water partition coefficient (Wildman–Crippen LogP) is 4.60. The Morgan fingerprint density at radius 1 is 1.16 bits per heavy atom. The lowest BCUT2D eigenvalue weighted by Gasteiger charge is -2.32. The molecule has 158 valence electrons. The van der Waals surface area contributed by atoms with Gasteiger partial charge in [-0.05, 0) is 50.1 Å². The van der Waals surface area contributed by atoms with Gasteiger partial charge in [0.15, 0.2) is 5.82 Å². The molecule has 0 atom stereocenters. The molecule has 1 aliphatic heterocycles. The minimum absolute atomic E-state index is 0.0461. The van der Waals surface area contributed by atoms with E-state index in [9.17, 15) is 4.79 Å². The van der Waals surface area contributed by atoms with Crippen LogP contribution in [0.1, 0.15) is 47.3 Å². The third-order valence-corrected chi connectivity index (χ3v) is 5.60. The molecular formula is C25H26N4O2. The number of carbonyl (C=O) groups is 1. The van der Waals surface area contributed by atoms with Crippen LogP contribution in [0.2, 0.25) is 0 Å². The summed E-state index contributed by atoms with van der Waals surface area (Å²) in [6.07, 6.45) is 11.2. The Hall–Kier alpha value is -3.54. The van der Waals surface area contributed by atoms with E-state index in [2.05, 4.69) is 16.0 Å². The van der Waals surface area contributed by atoms with Gasteiger partial charge in [-0.25, -0.2) is 9.97 Å². The number of hydrogen-bond acceptors (Lipinski definition) is 5. The van der Waals surface area contributed by atoms with Crippen LogP contribution in [-0.2, 0) is 0 Å². The molecule has 31 heavy (non-hydrogen) atoms. The molecule has 2 aromatic heterocycles. The van der Waals surface area contributed by atoms with E-state index < -0.39 is 0 Å². The summed E-state index contributed by atoms with van der Waals surface area (Å²) in [7, 11) is 1.61. The molecule has 0 unspecified atom stereocenters. The highest BCUT2D eigenvalue weighted by molar-refractivity contribution is 5.94. The summed E-state index contributed by atoms with van der Waals surface area (Å²) in [6.45, 7) is 3.39. The van der Waals surface area contributed by atoms with Crippen LogP contribution in [0, 0.1) is 0 Å². The second kappa shape index (κ2) is 9.51. The van der Waals surface area contributed by atoms with Crippen molar-refractivity contribution in [1.29, 1.82) is 0 Å². The number of ether oxygens (including phenoxy) is 1. The average molecular weight is 415 g/mol. The Morgan fingerprint density at radius 2 is 2.00 bits per heavy atom. The number of carbonyl (C=O) groups excluding carboxylic acids is 1. The third-order valence-electron chi connectivity index (χ3n) is 5.60. The van der Waals surface area contributed by atoms with E-state index in [-0.39, 0.29) is 11.8 Å². The van der Waals surface area contributed by atoms with Crippen LogP contribution in [0.5, 0.6) is 5.75 Å². The summed E-state index contributed by atoms with van der Waals surface area (Å²) in [6, 6.07) is 11.2. The van der Waals surface area contributed by atoms with E-state index >= 15 is 0 Å². The van der Waals surface area contributed by atoms with E-state index in [1.807, 2.05) is 54.4 Å². The monoisotopic (exact) mass is 414 g/mol. The first-order chi connectivity index (χ1) is 15.2. The van der Waals surface area contributed by atoms with Gasteiger partial charge in [0.2, 0.25) is 0 Å². The second-order valence-electron chi connectivity index (χ2n) is 7.57. The highest BCUT2D eigenvalue weighted by Crippen LogP contribution is 2.31. The van der Waals surface area contributed by atoms with Gasteiger partial charge in [0, 0.05) is 54.3 Å². The van der Waals surface area contributed by atoms with Crippen molar-refractivity contribution in [2.45, 2.75) is 25.7 Å². The molecule has 6 nitrogen and oxygen atoms in total. The van der Waals surface area contributed by atoms with E-state index in [0.29, 0.717) is 30.2 Å². The van der Waals surface area contributed by atoms with Crippen molar-refractivity contribution in [1.82, 2.24) is 19.9 Å². The third kappa shape index (κ3) is 4.63. The van der Waals surface area contributed by atoms with Gasteiger partial charge in [-0.15, -0.1) is 0 Å². The zero-order valence-corrected chi connectivity index (χ0v) is 17.9. The Morgan fingerprint density at radius 3 is 2.71 bits per heavy atom. The van der Waals surface area contributed by atoms with E-state index in [4.69, 9.17) is 9.72 Å². The Bertz CT molecular complexity index is 1070. The van der Waals surface area contributed by atoms with Crippen LogP contribution in [0.15, 0.2) is 61.1 Å². The summed E-state index contributed by atoms with van der Waals surface area (Å²) in [5.41, 5.74) is 3.64. The Kier molecular flexibility index (Phi) is 6.36. The van der Waals surface area contributed by atoms with Crippen molar-refractivity contribution < 1.29 is 9.53 Å². The molecule has 0 N–H and O–H groups in total. The van der Waals surface area contributed by atoms with E-state index in [1.165, 1.54) is 0 Å². The summed E-state index contributed by atoms with van der Waals surface area (Å²) < 4.78 is 5.26. The second-order valence-corrected chi connectivity index (χ2v) is 7.57. The molecule has 0 radical (unpaired) electrons. The van der Waals surface area contributed by atoms with Crippen molar-refractivity contribution in [2.24, 2.45) is 0 Å². The lowest BCUT2D eigenvalue weighted by Crippen LogP contribution is -2.38. The maximum Gasteiger partial charge on any atom is 0.253 e. The number of piperidine rings is 1. The number of aromatic nitrogens is 3. The minimum atomic E-state index is 0.0461. The minimum Gasteiger partial charge on any atom is -0.497 e. The molecule has 1 aromatic carbocycles. The van der Waals surface area contributed by atoms with Crippen LogP contribution >= 0.6 is 0 Å². The summed E-state index contributed by atoms with van der Waals surface area (Å²) in [5, 5.41) is 0. The van der Waals surface area contributed by atoms with Gasteiger partial charge in [-0.3, -0.25) is 9.78 Å². The molecule has 1 aliphatic rings. The standard InChI is InChI=1S/C25H26N4O2/c1-3-6-20-17-27-24(21-8-5-12-26-16-21)28-23(20)18-10-13-29(14-11-18)25(30)19-7-4-9-22(15-19)31-2/h3-9,12,15-18H,10-11,13-14H2,1-2H3/b6-3+. The molecule has 0 aliphatic carbocycles. The fraction of sp³-hybridized carbons (Fsp3) is 0.280. The van der Waals surface area contributed by atoms with Crippen LogP contribution in [0.25, 0.3) is 17.5 Å². The number of amides is 1. The van der Waals surface area contributed by atoms with Crippen LogP contribution in [0.4, 0.5) is 0 Å². The SMILES string of the molecule is C/C=C/c1cnc(-c2cccnc2)nc1C1CCN(C(=O)c2cccc(OC)c2)CC1. The van der Waals surface area contributed by atoms with E-state index in [1.54, 1.807) is 25.6 Å². The topological polar surface area (TPSA) is 68.2 Å².